The van der Waals surface area contributed by atoms with Crippen LogP contribution in [0.25, 0.3) is 0 Å². The van der Waals surface area contributed by atoms with Crippen molar-refractivity contribution in [1.29, 1.82) is 0 Å². The molecule has 92 valence electrons. The Hall–Kier alpha value is -1.42. The SMILES string of the molecule is O=C(O)c1cccc(C(F)C2CCOCC2)c1. The number of ether oxygens (including phenoxy) is 1. The Kier molecular flexibility index (Phi) is 3.74. The first-order valence-corrected chi connectivity index (χ1v) is 5.73. The van der Waals surface area contributed by atoms with Gasteiger partial charge in [0, 0.05) is 13.2 Å². The van der Waals surface area contributed by atoms with Gasteiger partial charge in [-0.1, -0.05) is 12.1 Å². The number of alkyl halides is 1. The highest BCUT2D eigenvalue weighted by Crippen LogP contribution is 2.33. The number of carboxylic acid groups (broad SMARTS) is 1. The van der Waals surface area contributed by atoms with Gasteiger partial charge in [0.25, 0.3) is 0 Å². The number of rotatable bonds is 3. The third-order valence-corrected chi connectivity index (χ3v) is 3.13. The van der Waals surface area contributed by atoms with Gasteiger partial charge in [-0.05, 0) is 36.5 Å². The fourth-order valence-corrected chi connectivity index (χ4v) is 2.12. The molecule has 1 N–H and O–H groups in total. The summed E-state index contributed by atoms with van der Waals surface area (Å²) in [6.07, 6.45) is 0.287. The van der Waals surface area contributed by atoms with Gasteiger partial charge in [-0.3, -0.25) is 0 Å². The quantitative estimate of drug-likeness (QED) is 0.880. The Labute approximate surface area is 99.2 Å². The smallest absolute Gasteiger partial charge is 0.335 e. The highest BCUT2D eigenvalue weighted by Gasteiger charge is 2.25. The second-order valence-electron chi connectivity index (χ2n) is 4.28. The number of benzene rings is 1. The molecule has 4 heteroatoms. The van der Waals surface area contributed by atoms with Crippen LogP contribution in [0.4, 0.5) is 4.39 Å². The van der Waals surface area contributed by atoms with E-state index in [0.29, 0.717) is 31.6 Å². The van der Waals surface area contributed by atoms with Gasteiger partial charge in [0.1, 0.15) is 6.17 Å². The number of aromatic carboxylic acids is 1. The molecule has 0 aliphatic carbocycles. The van der Waals surface area contributed by atoms with E-state index in [-0.39, 0.29) is 11.5 Å². The van der Waals surface area contributed by atoms with Gasteiger partial charge in [-0.2, -0.15) is 0 Å². The van der Waals surface area contributed by atoms with Crippen LogP contribution in [0.15, 0.2) is 24.3 Å². The van der Waals surface area contributed by atoms with E-state index in [1.54, 1.807) is 12.1 Å². The molecule has 1 aromatic rings. The summed E-state index contributed by atoms with van der Waals surface area (Å²) in [7, 11) is 0. The van der Waals surface area contributed by atoms with E-state index >= 15 is 0 Å². The Morgan fingerprint density at radius 2 is 2.12 bits per heavy atom. The summed E-state index contributed by atoms with van der Waals surface area (Å²) in [5, 5.41) is 8.86. The third kappa shape index (κ3) is 2.82. The maximum atomic E-state index is 14.2. The lowest BCUT2D eigenvalue weighted by atomic mass is 9.90. The molecule has 17 heavy (non-hydrogen) atoms. The minimum atomic E-state index is -1.10. The molecule has 1 atom stereocenters. The standard InChI is InChI=1S/C13H15FO3/c14-12(9-4-6-17-7-5-9)10-2-1-3-11(8-10)13(15)16/h1-3,8-9,12H,4-7H2,(H,15,16). The summed E-state index contributed by atoms with van der Waals surface area (Å²) in [6, 6.07) is 6.13. The van der Waals surface area contributed by atoms with Gasteiger partial charge >= 0.3 is 5.97 Å². The number of carboxylic acids is 1. The average Bonchev–Trinajstić information content (AvgIpc) is 2.39. The number of carbonyl (C=O) groups is 1. The molecule has 0 saturated carbocycles. The van der Waals surface area contributed by atoms with Crippen molar-refractivity contribution in [3.05, 3.63) is 35.4 Å². The van der Waals surface area contributed by atoms with Crippen LogP contribution in [-0.2, 0) is 4.74 Å². The van der Waals surface area contributed by atoms with Gasteiger partial charge in [0.2, 0.25) is 0 Å². The van der Waals surface area contributed by atoms with Gasteiger partial charge in [0.15, 0.2) is 0 Å². The van der Waals surface area contributed by atoms with E-state index < -0.39 is 12.1 Å². The van der Waals surface area contributed by atoms with Gasteiger partial charge in [-0.25, -0.2) is 9.18 Å². The summed E-state index contributed by atoms with van der Waals surface area (Å²) in [4.78, 5) is 10.8. The van der Waals surface area contributed by atoms with Crippen LogP contribution in [0.1, 0.15) is 34.9 Å². The van der Waals surface area contributed by atoms with Crippen LogP contribution in [-0.4, -0.2) is 24.3 Å². The van der Waals surface area contributed by atoms with Crippen LogP contribution < -0.4 is 0 Å². The Morgan fingerprint density at radius 1 is 1.41 bits per heavy atom. The maximum absolute atomic E-state index is 14.2. The second kappa shape index (κ2) is 5.27. The molecule has 1 aromatic carbocycles. The van der Waals surface area contributed by atoms with Crippen molar-refractivity contribution in [3.8, 4) is 0 Å². The summed E-state index contributed by atoms with van der Waals surface area (Å²) in [5.74, 6) is -1.08. The fourth-order valence-electron chi connectivity index (χ4n) is 2.12. The summed E-state index contributed by atoms with van der Waals surface area (Å²) in [5.41, 5.74) is 0.592. The third-order valence-electron chi connectivity index (χ3n) is 3.13. The predicted molar refractivity (Wildman–Crippen MR) is 60.8 cm³/mol. The van der Waals surface area contributed by atoms with E-state index in [1.807, 2.05) is 0 Å². The molecular weight excluding hydrogens is 223 g/mol. The lowest BCUT2D eigenvalue weighted by Gasteiger charge is -2.25. The number of hydrogen-bond acceptors (Lipinski definition) is 2. The molecule has 1 aliphatic rings. The Morgan fingerprint density at radius 3 is 2.76 bits per heavy atom. The average molecular weight is 238 g/mol. The molecule has 0 radical (unpaired) electrons. The zero-order valence-corrected chi connectivity index (χ0v) is 9.43. The summed E-state index contributed by atoms with van der Waals surface area (Å²) in [6.45, 7) is 1.17. The van der Waals surface area contributed by atoms with E-state index in [2.05, 4.69) is 0 Å². The molecule has 1 heterocycles. The van der Waals surface area contributed by atoms with Crippen LogP contribution in [0.5, 0.6) is 0 Å². The molecule has 3 nitrogen and oxygen atoms in total. The zero-order chi connectivity index (χ0) is 12.3. The van der Waals surface area contributed by atoms with Gasteiger partial charge in [-0.15, -0.1) is 0 Å². The van der Waals surface area contributed by atoms with Crippen LogP contribution in [0, 0.1) is 5.92 Å². The van der Waals surface area contributed by atoms with Crippen molar-refractivity contribution in [1.82, 2.24) is 0 Å². The molecule has 1 unspecified atom stereocenters. The predicted octanol–water partition coefficient (Wildman–Crippen LogP) is 2.82. The van der Waals surface area contributed by atoms with Crippen molar-refractivity contribution in [3.63, 3.8) is 0 Å². The monoisotopic (exact) mass is 238 g/mol. The minimum Gasteiger partial charge on any atom is -0.478 e. The molecule has 0 amide bonds. The van der Waals surface area contributed by atoms with Crippen molar-refractivity contribution < 1.29 is 19.0 Å². The van der Waals surface area contributed by atoms with Crippen LogP contribution >= 0.6 is 0 Å². The first-order chi connectivity index (χ1) is 8.18. The van der Waals surface area contributed by atoms with E-state index in [1.165, 1.54) is 12.1 Å². The zero-order valence-electron chi connectivity index (χ0n) is 9.43. The van der Waals surface area contributed by atoms with Crippen molar-refractivity contribution >= 4 is 5.97 Å². The first kappa shape index (κ1) is 12.0. The lowest BCUT2D eigenvalue weighted by molar-refractivity contribution is 0.0365. The van der Waals surface area contributed by atoms with E-state index in [9.17, 15) is 9.18 Å². The summed E-state index contributed by atoms with van der Waals surface area (Å²) < 4.78 is 19.4. The molecule has 0 bridgehead atoms. The molecule has 1 aliphatic heterocycles. The first-order valence-electron chi connectivity index (χ1n) is 5.73. The minimum absolute atomic E-state index is 0.0622. The van der Waals surface area contributed by atoms with E-state index in [4.69, 9.17) is 9.84 Å². The number of halogens is 1. The van der Waals surface area contributed by atoms with Gasteiger partial charge < -0.3 is 9.84 Å². The molecular formula is C13H15FO3. The van der Waals surface area contributed by atoms with Gasteiger partial charge in [0.05, 0.1) is 5.56 Å². The van der Waals surface area contributed by atoms with Crippen LogP contribution in [0.3, 0.4) is 0 Å². The molecule has 1 saturated heterocycles. The maximum Gasteiger partial charge on any atom is 0.335 e. The highest BCUT2D eigenvalue weighted by molar-refractivity contribution is 5.87. The topological polar surface area (TPSA) is 46.5 Å². The van der Waals surface area contributed by atoms with Crippen molar-refractivity contribution in [2.45, 2.75) is 19.0 Å². The molecule has 0 spiro atoms. The normalized spacial score (nSPS) is 18.9. The van der Waals surface area contributed by atoms with Crippen LogP contribution in [0.2, 0.25) is 0 Å². The van der Waals surface area contributed by atoms with E-state index in [0.717, 1.165) is 0 Å². The molecule has 2 rings (SSSR count). The molecule has 1 fully saturated rings. The Balaban J connectivity index is 2.14. The Bertz CT molecular complexity index is 399. The summed E-state index contributed by atoms with van der Waals surface area (Å²) >= 11 is 0. The highest BCUT2D eigenvalue weighted by atomic mass is 19.1. The molecule has 0 aromatic heterocycles. The largest absolute Gasteiger partial charge is 0.478 e. The fraction of sp³-hybridized carbons (Fsp3) is 0.462. The second-order valence-corrected chi connectivity index (χ2v) is 4.28. The van der Waals surface area contributed by atoms with Crippen molar-refractivity contribution in [2.75, 3.05) is 13.2 Å². The van der Waals surface area contributed by atoms with Crippen molar-refractivity contribution in [2.24, 2.45) is 5.92 Å². The number of hydrogen-bond donors (Lipinski definition) is 1. The lowest BCUT2D eigenvalue weighted by Crippen LogP contribution is -2.20.